The van der Waals surface area contributed by atoms with E-state index in [-0.39, 0.29) is 11.9 Å². The van der Waals surface area contributed by atoms with E-state index in [1.54, 1.807) is 0 Å². The molecule has 5 heteroatoms. The SMILES string of the molecule is CCCN1CCC(NC2C(=O)Nc3cccc(Br)c32)CC1. The fourth-order valence-corrected chi connectivity index (χ4v) is 3.90. The third kappa shape index (κ3) is 3.15. The maximum absolute atomic E-state index is 12.2. The molecular weight excluding hydrogens is 330 g/mol. The predicted octanol–water partition coefficient (Wildman–Crippen LogP) is 2.91. The van der Waals surface area contributed by atoms with Crippen LogP contribution in [0.15, 0.2) is 22.7 Å². The van der Waals surface area contributed by atoms with Gasteiger partial charge in [-0.3, -0.25) is 10.1 Å². The quantitative estimate of drug-likeness (QED) is 0.876. The topological polar surface area (TPSA) is 44.4 Å². The molecule has 1 amide bonds. The summed E-state index contributed by atoms with van der Waals surface area (Å²) in [6.45, 7) is 5.66. The number of hydrogen-bond acceptors (Lipinski definition) is 3. The van der Waals surface area contributed by atoms with Gasteiger partial charge in [0.2, 0.25) is 5.91 Å². The molecule has 1 aromatic carbocycles. The molecule has 0 bridgehead atoms. The Morgan fingerprint density at radius 1 is 1.38 bits per heavy atom. The first-order valence-corrected chi connectivity index (χ1v) is 8.56. The van der Waals surface area contributed by atoms with Gasteiger partial charge >= 0.3 is 0 Å². The van der Waals surface area contributed by atoms with E-state index >= 15 is 0 Å². The number of nitrogens with zero attached hydrogens (tertiary/aromatic N) is 1. The smallest absolute Gasteiger partial charge is 0.246 e. The minimum atomic E-state index is -0.224. The number of halogens is 1. The van der Waals surface area contributed by atoms with E-state index in [1.165, 1.54) is 13.0 Å². The molecule has 2 N–H and O–H groups in total. The van der Waals surface area contributed by atoms with Crippen LogP contribution in [0, 0.1) is 0 Å². The first-order valence-electron chi connectivity index (χ1n) is 7.76. The predicted molar refractivity (Wildman–Crippen MR) is 88.4 cm³/mol. The molecule has 1 fully saturated rings. The van der Waals surface area contributed by atoms with Crippen molar-refractivity contribution in [1.82, 2.24) is 10.2 Å². The van der Waals surface area contributed by atoms with Gasteiger partial charge in [0.25, 0.3) is 0 Å². The van der Waals surface area contributed by atoms with Gasteiger partial charge in [0, 0.05) is 21.8 Å². The van der Waals surface area contributed by atoms with Crippen LogP contribution in [0.25, 0.3) is 0 Å². The number of carbonyl (C=O) groups excluding carboxylic acids is 1. The summed E-state index contributed by atoms with van der Waals surface area (Å²) >= 11 is 3.57. The molecule has 1 aromatic rings. The molecule has 4 nitrogen and oxygen atoms in total. The maximum Gasteiger partial charge on any atom is 0.246 e. The lowest BCUT2D eigenvalue weighted by atomic mass is 10.0. The summed E-state index contributed by atoms with van der Waals surface area (Å²) in [6.07, 6.45) is 3.44. The number of fused-ring (bicyclic) bond motifs is 1. The summed E-state index contributed by atoms with van der Waals surface area (Å²) in [5.41, 5.74) is 1.98. The molecule has 0 saturated carbocycles. The standard InChI is InChI=1S/C16H22BrN3O/c1-2-8-20-9-6-11(7-10-20)18-15-14-12(17)4-3-5-13(14)19-16(15)21/h3-5,11,15,18H,2,6-10H2,1H3,(H,19,21). The van der Waals surface area contributed by atoms with Gasteiger partial charge in [-0.05, 0) is 51.0 Å². The first kappa shape index (κ1) is 15.0. The first-order chi connectivity index (χ1) is 10.2. The molecule has 0 aromatic heterocycles. The van der Waals surface area contributed by atoms with E-state index in [9.17, 15) is 4.79 Å². The average molecular weight is 352 g/mol. The van der Waals surface area contributed by atoms with E-state index in [0.717, 1.165) is 41.7 Å². The van der Waals surface area contributed by atoms with Crippen molar-refractivity contribution < 1.29 is 4.79 Å². The minimum absolute atomic E-state index is 0.0629. The van der Waals surface area contributed by atoms with E-state index < -0.39 is 0 Å². The lowest BCUT2D eigenvalue weighted by molar-refractivity contribution is -0.118. The molecule has 0 spiro atoms. The fourth-order valence-electron chi connectivity index (χ4n) is 3.31. The van der Waals surface area contributed by atoms with Crippen LogP contribution >= 0.6 is 15.9 Å². The Labute approximate surface area is 134 Å². The highest BCUT2D eigenvalue weighted by Crippen LogP contribution is 2.37. The number of hydrogen-bond donors (Lipinski definition) is 2. The van der Waals surface area contributed by atoms with Crippen LogP contribution < -0.4 is 10.6 Å². The van der Waals surface area contributed by atoms with E-state index in [1.807, 2.05) is 18.2 Å². The highest BCUT2D eigenvalue weighted by molar-refractivity contribution is 9.10. The van der Waals surface area contributed by atoms with Crippen molar-refractivity contribution in [3.63, 3.8) is 0 Å². The van der Waals surface area contributed by atoms with Gasteiger partial charge in [-0.15, -0.1) is 0 Å². The van der Waals surface area contributed by atoms with Crippen LogP contribution in [-0.2, 0) is 4.79 Å². The van der Waals surface area contributed by atoms with Crippen LogP contribution in [0.2, 0.25) is 0 Å². The summed E-state index contributed by atoms with van der Waals surface area (Å²) in [6, 6.07) is 6.11. The summed E-state index contributed by atoms with van der Waals surface area (Å²) in [5, 5.41) is 6.52. The fraction of sp³-hybridized carbons (Fsp3) is 0.562. The zero-order chi connectivity index (χ0) is 14.8. The molecule has 3 rings (SSSR count). The monoisotopic (exact) mass is 351 g/mol. The average Bonchev–Trinajstić information content (AvgIpc) is 2.79. The number of rotatable bonds is 4. The molecule has 2 aliphatic heterocycles. The Bertz CT molecular complexity index is 526. The molecule has 1 unspecified atom stereocenters. The summed E-state index contributed by atoms with van der Waals surface area (Å²) < 4.78 is 0.999. The molecule has 1 saturated heterocycles. The molecular formula is C16H22BrN3O. The second kappa shape index (κ2) is 6.46. The number of piperidine rings is 1. The molecule has 0 aliphatic carbocycles. The van der Waals surface area contributed by atoms with E-state index in [4.69, 9.17) is 0 Å². The van der Waals surface area contributed by atoms with Crippen molar-refractivity contribution in [3.8, 4) is 0 Å². The second-order valence-corrected chi connectivity index (χ2v) is 6.76. The van der Waals surface area contributed by atoms with E-state index in [2.05, 4.69) is 38.4 Å². The summed E-state index contributed by atoms with van der Waals surface area (Å²) in [5.74, 6) is 0.0629. The number of carbonyl (C=O) groups is 1. The lowest BCUT2D eigenvalue weighted by Gasteiger charge is -2.33. The number of anilines is 1. The van der Waals surface area contributed by atoms with Gasteiger partial charge in [0.15, 0.2) is 0 Å². The molecule has 21 heavy (non-hydrogen) atoms. The third-order valence-corrected chi connectivity index (χ3v) is 5.08. The molecule has 1 atom stereocenters. The Hall–Kier alpha value is -0.910. The van der Waals surface area contributed by atoms with Crippen molar-refractivity contribution in [1.29, 1.82) is 0 Å². The zero-order valence-electron chi connectivity index (χ0n) is 12.4. The third-order valence-electron chi connectivity index (χ3n) is 4.39. The Morgan fingerprint density at radius 2 is 2.14 bits per heavy atom. The lowest BCUT2D eigenvalue weighted by Crippen LogP contribution is -2.45. The van der Waals surface area contributed by atoms with Gasteiger partial charge in [-0.1, -0.05) is 28.9 Å². The minimum Gasteiger partial charge on any atom is -0.324 e. The second-order valence-electron chi connectivity index (χ2n) is 5.91. The van der Waals surface area contributed by atoms with Gasteiger partial charge in [-0.25, -0.2) is 0 Å². The summed E-state index contributed by atoms with van der Waals surface area (Å²) in [4.78, 5) is 14.7. The van der Waals surface area contributed by atoms with Crippen molar-refractivity contribution in [3.05, 3.63) is 28.2 Å². The highest BCUT2D eigenvalue weighted by Gasteiger charge is 2.34. The molecule has 2 aliphatic rings. The normalized spacial score (nSPS) is 23.1. The van der Waals surface area contributed by atoms with Gasteiger partial charge < -0.3 is 10.2 Å². The van der Waals surface area contributed by atoms with Crippen molar-refractivity contribution in [2.24, 2.45) is 0 Å². The zero-order valence-corrected chi connectivity index (χ0v) is 13.9. The van der Waals surface area contributed by atoms with Crippen LogP contribution in [-0.4, -0.2) is 36.5 Å². The van der Waals surface area contributed by atoms with Gasteiger partial charge in [0.1, 0.15) is 6.04 Å². The van der Waals surface area contributed by atoms with Crippen LogP contribution in [0.4, 0.5) is 5.69 Å². The van der Waals surface area contributed by atoms with Crippen molar-refractivity contribution in [2.45, 2.75) is 38.3 Å². The van der Waals surface area contributed by atoms with Gasteiger partial charge in [-0.2, -0.15) is 0 Å². The van der Waals surface area contributed by atoms with Crippen LogP contribution in [0.1, 0.15) is 37.8 Å². The Morgan fingerprint density at radius 3 is 2.86 bits per heavy atom. The van der Waals surface area contributed by atoms with E-state index in [0.29, 0.717) is 6.04 Å². The number of likely N-dealkylation sites (tertiary alicyclic amines) is 1. The van der Waals surface area contributed by atoms with Crippen molar-refractivity contribution in [2.75, 3.05) is 25.0 Å². The number of benzene rings is 1. The largest absolute Gasteiger partial charge is 0.324 e. The Balaban J connectivity index is 1.66. The Kier molecular flexibility index (Phi) is 4.62. The van der Waals surface area contributed by atoms with Crippen LogP contribution in [0.5, 0.6) is 0 Å². The highest BCUT2D eigenvalue weighted by atomic mass is 79.9. The maximum atomic E-state index is 12.2. The van der Waals surface area contributed by atoms with Crippen LogP contribution in [0.3, 0.4) is 0 Å². The molecule has 2 heterocycles. The van der Waals surface area contributed by atoms with Crippen molar-refractivity contribution >= 4 is 27.5 Å². The molecule has 114 valence electrons. The number of amides is 1. The molecule has 0 radical (unpaired) electrons. The van der Waals surface area contributed by atoms with Gasteiger partial charge in [0.05, 0.1) is 0 Å². The number of nitrogens with one attached hydrogen (secondary N) is 2. The summed E-state index contributed by atoms with van der Waals surface area (Å²) in [7, 11) is 0.